The number of carbonyl (C=O) groups excluding carboxylic acids is 2. The Kier molecular flexibility index (Phi) is 7.98. The predicted molar refractivity (Wildman–Crippen MR) is 114 cm³/mol. The molecule has 0 fully saturated rings. The number of ether oxygens (including phenoxy) is 1. The fourth-order valence-electron chi connectivity index (χ4n) is 2.43. The molecule has 0 bridgehead atoms. The molecule has 1 amide bonds. The molecule has 9 heteroatoms. The molecule has 29 heavy (non-hydrogen) atoms. The zero-order chi connectivity index (χ0) is 21.6. The minimum Gasteiger partial charge on any atom is -0.506 e. The highest BCUT2D eigenvalue weighted by Gasteiger charge is 2.21. The van der Waals surface area contributed by atoms with Crippen LogP contribution >= 0.6 is 31.9 Å². The van der Waals surface area contributed by atoms with Gasteiger partial charge in [0, 0.05) is 33.8 Å². The molecule has 1 atom stereocenters. The van der Waals surface area contributed by atoms with Crippen molar-refractivity contribution in [3.8, 4) is 5.75 Å². The number of halogens is 2. The van der Waals surface area contributed by atoms with Gasteiger partial charge in [0.1, 0.15) is 11.9 Å². The summed E-state index contributed by atoms with van der Waals surface area (Å²) in [6.45, 7) is 1.44. The van der Waals surface area contributed by atoms with E-state index in [1.807, 2.05) is 0 Å². The first-order chi connectivity index (χ1) is 13.7. The van der Waals surface area contributed by atoms with Crippen LogP contribution in [0.3, 0.4) is 0 Å². The Morgan fingerprint density at radius 3 is 2.41 bits per heavy atom. The van der Waals surface area contributed by atoms with Gasteiger partial charge in [-0.15, -0.1) is 0 Å². The molecule has 2 rings (SSSR count). The first-order valence-corrected chi connectivity index (χ1v) is 9.92. The van der Waals surface area contributed by atoms with E-state index in [9.17, 15) is 19.5 Å². The van der Waals surface area contributed by atoms with Gasteiger partial charge < -0.3 is 14.9 Å². The molecular weight excluding hydrogens is 510 g/mol. The van der Waals surface area contributed by atoms with Crippen molar-refractivity contribution in [1.29, 1.82) is 0 Å². The van der Waals surface area contributed by atoms with Crippen LogP contribution in [0.25, 0.3) is 0 Å². The number of aromatic hydroxyl groups is 1. The van der Waals surface area contributed by atoms with Crippen LogP contribution in [-0.4, -0.2) is 28.1 Å². The van der Waals surface area contributed by atoms with Crippen LogP contribution < -0.4 is 5.32 Å². The van der Waals surface area contributed by atoms with Gasteiger partial charge in [0.2, 0.25) is 0 Å². The molecule has 0 heterocycles. The van der Waals surface area contributed by atoms with Gasteiger partial charge in [0.05, 0.1) is 4.47 Å². The lowest BCUT2D eigenvalue weighted by Crippen LogP contribution is -2.17. The van der Waals surface area contributed by atoms with Crippen molar-refractivity contribution in [1.82, 2.24) is 0 Å². The molecule has 2 aromatic rings. The van der Waals surface area contributed by atoms with E-state index in [4.69, 9.17) is 9.84 Å². The number of aliphatic carboxylic acids is 1. The zero-order valence-corrected chi connectivity index (χ0v) is 18.4. The lowest BCUT2D eigenvalue weighted by Gasteiger charge is -2.19. The average Bonchev–Trinajstić information content (AvgIpc) is 2.64. The Bertz CT molecular complexity index is 956. The molecule has 0 radical (unpaired) electrons. The number of Topliss-reactive ketones (excluding diaryl/α,β-unsaturated/α-hetero) is 1. The van der Waals surface area contributed by atoms with E-state index in [0.29, 0.717) is 25.8 Å². The number of phenolic OH excluding ortho intramolecular Hbond substituents is 1. The van der Waals surface area contributed by atoms with Crippen LogP contribution in [0.1, 0.15) is 35.4 Å². The zero-order valence-electron chi connectivity index (χ0n) is 15.2. The van der Waals surface area contributed by atoms with Gasteiger partial charge in [-0.05, 0) is 59.3 Å². The largest absolute Gasteiger partial charge is 0.506 e. The SMILES string of the molecule is CC(=O)c1ccc(NC(=O)O[C@@H](C/C=C/C(=O)O)c2cc(Br)cc(Br)c2O)cc1. The topological polar surface area (TPSA) is 113 Å². The Balaban J connectivity index is 2.21. The molecule has 2 aromatic carbocycles. The number of phenols is 1. The molecular formula is C20H17Br2NO6. The summed E-state index contributed by atoms with van der Waals surface area (Å²) in [5.74, 6) is -1.36. The first-order valence-electron chi connectivity index (χ1n) is 8.33. The summed E-state index contributed by atoms with van der Waals surface area (Å²) in [6.07, 6.45) is 0.537. The smallest absolute Gasteiger partial charge is 0.412 e. The first kappa shape index (κ1) is 22.6. The third-order valence-electron chi connectivity index (χ3n) is 3.80. The number of carbonyl (C=O) groups is 3. The van der Waals surface area contributed by atoms with Gasteiger partial charge >= 0.3 is 12.1 Å². The number of carboxylic acids is 1. The van der Waals surface area contributed by atoms with E-state index in [1.165, 1.54) is 13.0 Å². The molecule has 0 spiro atoms. The quantitative estimate of drug-likeness (QED) is 0.327. The standard InChI is InChI=1S/C20H17Br2NO6/c1-11(24)12-5-7-14(8-6-12)23-20(28)29-17(3-2-4-18(25)26)15-9-13(21)10-16(22)19(15)27/h2,4-10,17,27H,3H2,1H3,(H,23,28)(H,25,26)/b4-2+/t17-/m0/s1. The number of benzene rings is 2. The van der Waals surface area contributed by atoms with Gasteiger partial charge in [-0.25, -0.2) is 9.59 Å². The van der Waals surface area contributed by atoms with Crippen LogP contribution in [0, 0.1) is 0 Å². The number of hydrogen-bond donors (Lipinski definition) is 3. The summed E-state index contributed by atoms with van der Waals surface area (Å²) in [4.78, 5) is 34.4. The van der Waals surface area contributed by atoms with E-state index in [2.05, 4.69) is 37.2 Å². The van der Waals surface area contributed by atoms with Crippen molar-refractivity contribution in [2.24, 2.45) is 0 Å². The monoisotopic (exact) mass is 525 g/mol. The Morgan fingerprint density at radius 2 is 1.83 bits per heavy atom. The predicted octanol–water partition coefficient (Wildman–Crippen LogP) is 5.44. The lowest BCUT2D eigenvalue weighted by molar-refractivity contribution is -0.131. The summed E-state index contributed by atoms with van der Waals surface area (Å²) >= 11 is 6.53. The average molecular weight is 527 g/mol. The second kappa shape index (κ2) is 10.2. The van der Waals surface area contributed by atoms with E-state index in [0.717, 1.165) is 6.08 Å². The fraction of sp³-hybridized carbons (Fsp3) is 0.150. The molecule has 3 N–H and O–H groups in total. The van der Waals surface area contributed by atoms with Crippen molar-refractivity contribution in [2.45, 2.75) is 19.4 Å². The van der Waals surface area contributed by atoms with Gasteiger partial charge in [0.25, 0.3) is 0 Å². The molecule has 0 saturated carbocycles. The second-order valence-electron chi connectivity index (χ2n) is 5.95. The van der Waals surface area contributed by atoms with Crippen molar-refractivity contribution in [3.63, 3.8) is 0 Å². The summed E-state index contributed by atoms with van der Waals surface area (Å²) < 4.78 is 6.45. The van der Waals surface area contributed by atoms with Crippen LogP contribution in [0.4, 0.5) is 10.5 Å². The summed E-state index contributed by atoms with van der Waals surface area (Å²) in [5.41, 5.74) is 1.22. The maximum atomic E-state index is 12.3. The van der Waals surface area contributed by atoms with Gasteiger partial charge in [-0.2, -0.15) is 0 Å². The lowest BCUT2D eigenvalue weighted by atomic mass is 10.0. The molecule has 0 aliphatic carbocycles. The second-order valence-corrected chi connectivity index (χ2v) is 7.72. The highest BCUT2D eigenvalue weighted by atomic mass is 79.9. The van der Waals surface area contributed by atoms with Crippen molar-refractivity contribution >= 4 is 55.4 Å². The minimum atomic E-state index is -1.14. The minimum absolute atomic E-state index is 0.0272. The summed E-state index contributed by atoms with van der Waals surface area (Å²) in [7, 11) is 0. The Labute approximate surface area is 183 Å². The van der Waals surface area contributed by atoms with Gasteiger partial charge in [-0.3, -0.25) is 10.1 Å². The third kappa shape index (κ3) is 6.72. The molecule has 152 valence electrons. The van der Waals surface area contributed by atoms with Crippen LogP contribution in [0.2, 0.25) is 0 Å². The molecule has 7 nitrogen and oxygen atoms in total. The third-order valence-corrected chi connectivity index (χ3v) is 4.86. The number of anilines is 1. The van der Waals surface area contributed by atoms with Gasteiger partial charge in [0.15, 0.2) is 5.78 Å². The Morgan fingerprint density at radius 1 is 1.17 bits per heavy atom. The number of rotatable bonds is 7. The molecule has 0 saturated heterocycles. The molecule has 0 aliphatic heterocycles. The number of amides is 1. The highest BCUT2D eigenvalue weighted by molar-refractivity contribution is 9.11. The van der Waals surface area contributed by atoms with Crippen molar-refractivity contribution in [2.75, 3.05) is 5.32 Å². The van der Waals surface area contributed by atoms with E-state index in [1.54, 1.807) is 36.4 Å². The maximum absolute atomic E-state index is 12.3. The maximum Gasteiger partial charge on any atom is 0.412 e. The summed E-state index contributed by atoms with van der Waals surface area (Å²) in [5, 5.41) is 21.7. The number of hydrogen-bond acceptors (Lipinski definition) is 5. The van der Waals surface area contributed by atoms with E-state index >= 15 is 0 Å². The van der Waals surface area contributed by atoms with Gasteiger partial charge in [-0.1, -0.05) is 22.0 Å². The fourth-order valence-corrected chi connectivity index (χ4v) is 3.69. The van der Waals surface area contributed by atoms with Crippen molar-refractivity contribution < 1.29 is 29.3 Å². The number of nitrogens with one attached hydrogen (secondary N) is 1. The Hall–Kier alpha value is -2.65. The molecule has 0 aliphatic rings. The van der Waals surface area contributed by atoms with Crippen LogP contribution in [0.5, 0.6) is 5.75 Å². The molecule has 0 aromatic heterocycles. The van der Waals surface area contributed by atoms with Crippen molar-refractivity contribution in [3.05, 3.63) is 68.6 Å². The van der Waals surface area contributed by atoms with Crippen LogP contribution in [0.15, 0.2) is 57.5 Å². The number of ketones is 1. The van der Waals surface area contributed by atoms with E-state index in [-0.39, 0.29) is 18.0 Å². The number of carboxylic acid groups (broad SMARTS) is 1. The van der Waals surface area contributed by atoms with E-state index < -0.39 is 18.2 Å². The highest BCUT2D eigenvalue weighted by Crippen LogP contribution is 2.38. The summed E-state index contributed by atoms with van der Waals surface area (Å²) in [6, 6.07) is 9.47. The molecule has 0 unspecified atom stereocenters. The normalized spacial score (nSPS) is 11.8. The van der Waals surface area contributed by atoms with Crippen LogP contribution in [-0.2, 0) is 9.53 Å².